The molecule has 0 aliphatic rings. The summed E-state index contributed by atoms with van der Waals surface area (Å²) in [6, 6.07) is 17.2. The third kappa shape index (κ3) is 5.09. The Morgan fingerprint density at radius 1 is 1.04 bits per heavy atom. The number of halogens is 1. The second-order valence-electron chi connectivity index (χ2n) is 5.86. The number of anilines is 1. The molecule has 136 valence electrons. The quantitative estimate of drug-likeness (QED) is 0.633. The largest absolute Gasteiger partial charge is 0.465 e. The predicted molar refractivity (Wildman–Crippen MR) is 105 cm³/mol. The highest BCUT2D eigenvalue weighted by Gasteiger charge is 2.15. The molecule has 0 aliphatic heterocycles. The van der Waals surface area contributed by atoms with Crippen LogP contribution in [0.2, 0.25) is 5.02 Å². The molecule has 2 aromatic carbocycles. The normalized spacial score (nSPS) is 11.1. The lowest BCUT2D eigenvalue weighted by Crippen LogP contribution is -2.30. The van der Waals surface area contributed by atoms with Gasteiger partial charge in [0.2, 0.25) is 0 Å². The number of rotatable bonds is 5. The van der Waals surface area contributed by atoms with Gasteiger partial charge in [-0.1, -0.05) is 23.7 Å². The van der Waals surface area contributed by atoms with E-state index >= 15 is 0 Å². The van der Waals surface area contributed by atoms with Gasteiger partial charge in [-0.3, -0.25) is 9.59 Å². The SMILES string of the molecule is Cc1cccc(NC(=O)C(=Cc2ccco2)NC(=O)c2ccc(Cl)cc2)c1. The van der Waals surface area contributed by atoms with Gasteiger partial charge in [0.05, 0.1) is 6.26 Å². The van der Waals surface area contributed by atoms with E-state index in [4.69, 9.17) is 16.0 Å². The standard InChI is InChI=1S/C21H17ClN2O3/c1-14-4-2-5-17(12-14)23-21(26)19(13-18-6-3-11-27-18)24-20(25)15-7-9-16(22)10-8-15/h2-13H,1H3,(H,23,26)(H,24,25). The number of benzene rings is 2. The molecule has 1 aromatic heterocycles. The van der Waals surface area contributed by atoms with Crippen LogP contribution in [0.15, 0.2) is 77.0 Å². The smallest absolute Gasteiger partial charge is 0.272 e. The van der Waals surface area contributed by atoms with E-state index in [0.29, 0.717) is 22.0 Å². The van der Waals surface area contributed by atoms with Gasteiger partial charge < -0.3 is 15.1 Å². The molecule has 1 heterocycles. The lowest BCUT2D eigenvalue weighted by atomic mass is 10.2. The molecule has 3 rings (SSSR count). The second kappa shape index (κ2) is 8.38. The first-order valence-corrected chi connectivity index (χ1v) is 8.59. The predicted octanol–water partition coefficient (Wildman–Crippen LogP) is 4.65. The van der Waals surface area contributed by atoms with Crippen molar-refractivity contribution in [2.75, 3.05) is 5.32 Å². The summed E-state index contributed by atoms with van der Waals surface area (Å²) in [5.41, 5.74) is 2.08. The maximum Gasteiger partial charge on any atom is 0.272 e. The molecule has 6 heteroatoms. The fourth-order valence-electron chi connectivity index (χ4n) is 2.39. The first-order chi connectivity index (χ1) is 13.0. The molecule has 2 N–H and O–H groups in total. The van der Waals surface area contributed by atoms with Gasteiger partial charge in [0.25, 0.3) is 11.8 Å². The average molecular weight is 381 g/mol. The fourth-order valence-corrected chi connectivity index (χ4v) is 2.52. The molecule has 0 saturated carbocycles. The van der Waals surface area contributed by atoms with E-state index in [1.54, 1.807) is 42.5 Å². The molecule has 5 nitrogen and oxygen atoms in total. The number of furan rings is 1. The maximum absolute atomic E-state index is 12.7. The van der Waals surface area contributed by atoms with E-state index in [9.17, 15) is 9.59 Å². The molecule has 2 amide bonds. The van der Waals surface area contributed by atoms with E-state index in [0.717, 1.165) is 5.56 Å². The number of carbonyl (C=O) groups is 2. The molecule has 0 radical (unpaired) electrons. The first kappa shape index (κ1) is 18.5. The van der Waals surface area contributed by atoms with Gasteiger partial charge in [0, 0.05) is 22.3 Å². The Bertz CT molecular complexity index is 977. The number of carbonyl (C=O) groups excluding carboxylic acids is 2. The lowest BCUT2D eigenvalue weighted by Gasteiger charge is -2.11. The van der Waals surface area contributed by atoms with Crippen molar-refractivity contribution in [3.05, 3.63) is 94.5 Å². The Hall–Kier alpha value is -3.31. The zero-order chi connectivity index (χ0) is 19.2. The summed E-state index contributed by atoms with van der Waals surface area (Å²) >= 11 is 5.85. The Morgan fingerprint density at radius 3 is 2.48 bits per heavy atom. The number of aryl methyl sites for hydroxylation is 1. The minimum absolute atomic E-state index is 0.0615. The number of hydrogen-bond donors (Lipinski definition) is 2. The lowest BCUT2D eigenvalue weighted by molar-refractivity contribution is -0.113. The Morgan fingerprint density at radius 2 is 1.81 bits per heavy atom. The highest BCUT2D eigenvalue weighted by molar-refractivity contribution is 6.30. The van der Waals surface area contributed by atoms with Crippen molar-refractivity contribution in [2.45, 2.75) is 6.92 Å². The molecule has 0 fully saturated rings. The van der Waals surface area contributed by atoms with Gasteiger partial charge in [0.15, 0.2) is 0 Å². The van der Waals surface area contributed by atoms with Crippen molar-refractivity contribution < 1.29 is 14.0 Å². The van der Waals surface area contributed by atoms with Crippen molar-refractivity contribution in [2.24, 2.45) is 0 Å². The van der Waals surface area contributed by atoms with Gasteiger partial charge in [-0.25, -0.2) is 0 Å². The zero-order valence-corrected chi connectivity index (χ0v) is 15.3. The summed E-state index contributed by atoms with van der Waals surface area (Å²) in [5, 5.41) is 5.93. The van der Waals surface area contributed by atoms with Crippen LogP contribution in [0.1, 0.15) is 21.7 Å². The van der Waals surface area contributed by atoms with E-state index < -0.39 is 11.8 Å². The fraction of sp³-hybridized carbons (Fsp3) is 0.0476. The van der Waals surface area contributed by atoms with Gasteiger partial charge >= 0.3 is 0 Å². The summed E-state index contributed by atoms with van der Waals surface area (Å²) in [5.74, 6) is -0.441. The summed E-state index contributed by atoms with van der Waals surface area (Å²) in [7, 11) is 0. The monoisotopic (exact) mass is 380 g/mol. The average Bonchev–Trinajstić information content (AvgIpc) is 3.15. The molecular formula is C21H17ClN2O3. The molecule has 0 unspecified atom stereocenters. The van der Waals surface area contributed by atoms with Crippen LogP contribution < -0.4 is 10.6 Å². The van der Waals surface area contributed by atoms with Crippen LogP contribution >= 0.6 is 11.6 Å². The van der Waals surface area contributed by atoms with Crippen molar-refractivity contribution >= 4 is 35.2 Å². The molecule has 0 aliphatic carbocycles. The Kier molecular flexibility index (Phi) is 5.74. The van der Waals surface area contributed by atoms with Crippen molar-refractivity contribution in [3.63, 3.8) is 0 Å². The number of amides is 2. The Labute approximate surface area is 161 Å². The minimum Gasteiger partial charge on any atom is -0.465 e. The van der Waals surface area contributed by atoms with Crippen LogP contribution in [0.25, 0.3) is 6.08 Å². The molecule has 0 saturated heterocycles. The summed E-state index contributed by atoms with van der Waals surface area (Å²) in [4.78, 5) is 25.2. The second-order valence-corrected chi connectivity index (χ2v) is 6.29. The highest BCUT2D eigenvalue weighted by atomic mass is 35.5. The van der Waals surface area contributed by atoms with Gasteiger partial charge in [0.1, 0.15) is 11.5 Å². The topological polar surface area (TPSA) is 71.3 Å². The van der Waals surface area contributed by atoms with E-state index in [1.807, 2.05) is 25.1 Å². The van der Waals surface area contributed by atoms with Crippen molar-refractivity contribution in [1.82, 2.24) is 5.32 Å². The molecule has 3 aromatic rings. The Balaban J connectivity index is 1.83. The molecule has 0 bridgehead atoms. The van der Waals surface area contributed by atoms with Crippen LogP contribution in [0.5, 0.6) is 0 Å². The van der Waals surface area contributed by atoms with Crippen LogP contribution in [0.3, 0.4) is 0 Å². The van der Waals surface area contributed by atoms with E-state index in [1.165, 1.54) is 12.3 Å². The summed E-state index contributed by atoms with van der Waals surface area (Å²) in [6.45, 7) is 1.93. The first-order valence-electron chi connectivity index (χ1n) is 8.21. The van der Waals surface area contributed by atoms with Crippen LogP contribution in [-0.2, 0) is 4.79 Å². The number of hydrogen-bond acceptors (Lipinski definition) is 3. The zero-order valence-electron chi connectivity index (χ0n) is 14.5. The minimum atomic E-state index is -0.459. The van der Waals surface area contributed by atoms with Crippen LogP contribution in [0.4, 0.5) is 5.69 Å². The number of nitrogens with one attached hydrogen (secondary N) is 2. The third-order valence-electron chi connectivity index (χ3n) is 3.70. The van der Waals surface area contributed by atoms with E-state index in [-0.39, 0.29) is 5.70 Å². The molecule has 27 heavy (non-hydrogen) atoms. The van der Waals surface area contributed by atoms with E-state index in [2.05, 4.69) is 10.6 Å². The van der Waals surface area contributed by atoms with Crippen molar-refractivity contribution in [3.8, 4) is 0 Å². The molecule has 0 atom stereocenters. The maximum atomic E-state index is 12.7. The van der Waals surface area contributed by atoms with Crippen LogP contribution in [0, 0.1) is 6.92 Å². The van der Waals surface area contributed by atoms with Gasteiger partial charge in [-0.2, -0.15) is 0 Å². The van der Waals surface area contributed by atoms with Gasteiger partial charge in [-0.05, 0) is 61.0 Å². The van der Waals surface area contributed by atoms with Crippen molar-refractivity contribution in [1.29, 1.82) is 0 Å². The molecular weight excluding hydrogens is 364 g/mol. The molecule has 0 spiro atoms. The van der Waals surface area contributed by atoms with Gasteiger partial charge in [-0.15, -0.1) is 0 Å². The third-order valence-corrected chi connectivity index (χ3v) is 3.96. The highest BCUT2D eigenvalue weighted by Crippen LogP contribution is 2.14. The van der Waals surface area contributed by atoms with Crippen LogP contribution in [-0.4, -0.2) is 11.8 Å². The summed E-state index contributed by atoms with van der Waals surface area (Å²) in [6.07, 6.45) is 2.96. The summed E-state index contributed by atoms with van der Waals surface area (Å²) < 4.78 is 5.26.